The molecule has 0 radical (unpaired) electrons. The number of nitrogens with one attached hydrogen (secondary N) is 1. The van der Waals surface area contributed by atoms with Crippen molar-refractivity contribution >= 4 is 35.0 Å². The van der Waals surface area contributed by atoms with Crippen LogP contribution in [0, 0.1) is 0 Å². The lowest BCUT2D eigenvalue weighted by Gasteiger charge is -2.10. The van der Waals surface area contributed by atoms with Gasteiger partial charge in [-0.05, 0) is 13.8 Å². The molecule has 1 aliphatic heterocycles. The highest BCUT2D eigenvalue weighted by atomic mass is 35.5. The van der Waals surface area contributed by atoms with E-state index in [1.807, 2.05) is 18.4 Å². The molecule has 0 saturated carbocycles. The standard InChI is InChI=1S/C14H15ClN4O3S/c1-8(2)19-6-16-18-14(19)23-5-13(20)17-10-4-12-11(3-9(10)15)21-7-22-12/h3-4,6,8H,5,7H2,1-2H3,(H,17,20). The van der Waals surface area contributed by atoms with Crippen LogP contribution in [0.2, 0.25) is 5.02 Å². The Kier molecular flexibility index (Phi) is 4.63. The molecule has 0 saturated heterocycles. The topological polar surface area (TPSA) is 78.3 Å². The molecule has 7 nitrogen and oxygen atoms in total. The van der Waals surface area contributed by atoms with E-state index in [1.54, 1.807) is 18.5 Å². The number of hydrogen-bond donors (Lipinski definition) is 1. The third-order valence-electron chi connectivity index (χ3n) is 3.17. The van der Waals surface area contributed by atoms with Gasteiger partial charge in [-0.3, -0.25) is 4.79 Å². The van der Waals surface area contributed by atoms with E-state index in [-0.39, 0.29) is 24.5 Å². The Hall–Kier alpha value is -1.93. The largest absolute Gasteiger partial charge is 0.454 e. The van der Waals surface area contributed by atoms with Crippen LogP contribution in [-0.4, -0.2) is 33.2 Å². The number of anilines is 1. The van der Waals surface area contributed by atoms with Gasteiger partial charge >= 0.3 is 0 Å². The van der Waals surface area contributed by atoms with Crippen LogP contribution in [-0.2, 0) is 4.79 Å². The number of ether oxygens (including phenoxy) is 2. The van der Waals surface area contributed by atoms with Crippen molar-refractivity contribution in [3.63, 3.8) is 0 Å². The van der Waals surface area contributed by atoms with Gasteiger partial charge < -0.3 is 19.4 Å². The Bertz CT molecular complexity index is 735. The zero-order valence-corrected chi connectivity index (χ0v) is 14.1. The number of aromatic nitrogens is 3. The summed E-state index contributed by atoms with van der Waals surface area (Å²) in [7, 11) is 0. The van der Waals surface area contributed by atoms with Gasteiger partial charge in [0.1, 0.15) is 6.33 Å². The molecule has 0 aliphatic carbocycles. The number of hydrogen-bond acceptors (Lipinski definition) is 6. The highest BCUT2D eigenvalue weighted by Gasteiger charge is 2.18. The van der Waals surface area contributed by atoms with Gasteiger partial charge in [-0.1, -0.05) is 23.4 Å². The zero-order valence-electron chi connectivity index (χ0n) is 12.6. The summed E-state index contributed by atoms with van der Waals surface area (Å²) in [4.78, 5) is 12.1. The molecule has 0 fully saturated rings. The SMILES string of the molecule is CC(C)n1cnnc1SCC(=O)Nc1cc2c(cc1Cl)OCO2. The fraction of sp³-hybridized carbons (Fsp3) is 0.357. The van der Waals surface area contributed by atoms with Gasteiger partial charge in [0.15, 0.2) is 16.7 Å². The van der Waals surface area contributed by atoms with Gasteiger partial charge in [0.25, 0.3) is 0 Å². The molecule has 0 unspecified atom stereocenters. The molecular weight excluding hydrogens is 340 g/mol. The van der Waals surface area contributed by atoms with Gasteiger partial charge in [0.2, 0.25) is 12.7 Å². The van der Waals surface area contributed by atoms with Crippen molar-refractivity contribution in [2.75, 3.05) is 17.9 Å². The molecule has 2 aromatic rings. The summed E-state index contributed by atoms with van der Waals surface area (Å²) >= 11 is 7.45. The number of fused-ring (bicyclic) bond motifs is 1. The van der Waals surface area contributed by atoms with E-state index in [2.05, 4.69) is 15.5 Å². The molecule has 122 valence electrons. The third kappa shape index (κ3) is 3.53. The summed E-state index contributed by atoms with van der Waals surface area (Å²) in [5.74, 6) is 1.16. The van der Waals surface area contributed by atoms with Crippen LogP contribution < -0.4 is 14.8 Å². The van der Waals surface area contributed by atoms with Gasteiger partial charge in [-0.25, -0.2) is 0 Å². The average Bonchev–Trinajstić information content (AvgIpc) is 3.13. The molecule has 1 amide bonds. The van der Waals surface area contributed by atoms with E-state index in [1.165, 1.54) is 11.8 Å². The zero-order chi connectivity index (χ0) is 16.4. The first kappa shape index (κ1) is 15.9. The van der Waals surface area contributed by atoms with Crippen molar-refractivity contribution in [2.45, 2.75) is 25.0 Å². The maximum Gasteiger partial charge on any atom is 0.234 e. The van der Waals surface area contributed by atoms with Crippen molar-refractivity contribution in [1.29, 1.82) is 0 Å². The second-order valence-corrected chi connectivity index (χ2v) is 6.49. The quantitative estimate of drug-likeness (QED) is 0.832. The van der Waals surface area contributed by atoms with E-state index in [0.717, 1.165) is 0 Å². The minimum absolute atomic E-state index is 0.157. The second kappa shape index (κ2) is 6.67. The van der Waals surface area contributed by atoms with Gasteiger partial charge in [0.05, 0.1) is 16.5 Å². The summed E-state index contributed by atoms with van der Waals surface area (Å²) in [5.41, 5.74) is 0.492. The number of amides is 1. The number of rotatable bonds is 5. The molecule has 0 spiro atoms. The predicted octanol–water partition coefficient (Wildman–Crippen LogP) is 2.97. The highest BCUT2D eigenvalue weighted by molar-refractivity contribution is 7.99. The van der Waals surface area contributed by atoms with Gasteiger partial charge in [-0.15, -0.1) is 10.2 Å². The second-order valence-electron chi connectivity index (χ2n) is 5.14. The van der Waals surface area contributed by atoms with Gasteiger partial charge in [0, 0.05) is 18.2 Å². The predicted molar refractivity (Wildman–Crippen MR) is 87.3 cm³/mol. The molecule has 1 aliphatic rings. The highest BCUT2D eigenvalue weighted by Crippen LogP contribution is 2.39. The molecule has 1 N–H and O–H groups in total. The first-order valence-electron chi connectivity index (χ1n) is 6.96. The Labute approximate surface area is 142 Å². The molecule has 0 atom stereocenters. The van der Waals surface area contributed by atoms with Crippen molar-refractivity contribution in [3.8, 4) is 11.5 Å². The monoisotopic (exact) mass is 354 g/mol. The summed E-state index contributed by atoms with van der Waals surface area (Å²) in [6, 6.07) is 3.52. The molecule has 1 aromatic heterocycles. The van der Waals surface area contributed by atoms with E-state index >= 15 is 0 Å². The summed E-state index contributed by atoms with van der Waals surface area (Å²) in [6.07, 6.45) is 1.65. The summed E-state index contributed by atoms with van der Waals surface area (Å²) in [6.45, 7) is 4.21. The third-order valence-corrected chi connectivity index (χ3v) is 4.44. The molecular formula is C14H15ClN4O3S. The smallest absolute Gasteiger partial charge is 0.234 e. The van der Waals surface area contributed by atoms with E-state index < -0.39 is 0 Å². The van der Waals surface area contributed by atoms with Crippen LogP contribution in [0.4, 0.5) is 5.69 Å². The van der Waals surface area contributed by atoms with Crippen LogP contribution in [0.1, 0.15) is 19.9 Å². The van der Waals surface area contributed by atoms with Crippen LogP contribution in [0.25, 0.3) is 0 Å². The summed E-state index contributed by atoms with van der Waals surface area (Å²) < 4.78 is 12.4. The molecule has 2 heterocycles. The van der Waals surface area contributed by atoms with E-state index in [0.29, 0.717) is 27.4 Å². The van der Waals surface area contributed by atoms with E-state index in [4.69, 9.17) is 21.1 Å². The Balaban J connectivity index is 1.63. The van der Waals surface area contributed by atoms with Crippen LogP contribution >= 0.6 is 23.4 Å². The van der Waals surface area contributed by atoms with Crippen molar-refractivity contribution in [1.82, 2.24) is 14.8 Å². The number of thioether (sulfide) groups is 1. The number of benzene rings is 1. The Morgan fingerprint density at radius 2 is 2.17 bits per heavy atom. The van der Waals surface area contributed by atoms with Crippen LogP contribution in [0.15, 0.2) is 23.6 Å². The van der Waals surface area contributed by atoms with Crippen LogP contribution in [0.5, 0.6) is 11.5 Å². The maximum absolute atomic E-state index is 12.1. The molecule has 9 heteroatoms. The molecule has 0 bridgehead atoms. The molecule has 23 heavy (non-hydrogen) atoms. The maximum atomic E-state index is 12.1. The van der Waals surface area contributed by atoms with Crippen LogP contribution in [0.3, 0.4) is 0 Å². The minimum Gasteiger partial charge on any atom is -0.454 e. The molecule has 1 aromatic carbocycles. The lowest BCUT2D eigenvalue weighted by molar-refractivity contribution is -0.113. The number of halogens is 1. The first-order chi connectivity index (χ1) is 11.0. The summed E-state index contributed by atoms with van der Waals surface area (Å²) in [5, 5.41) is 11.8. The normalized spacial score (nSPS) is 12.7. The number of nitrogens with zero attached hydrogens (tertiary/aromatic N) is 3. The molecule has 3 rings (SSSR count). The number of carbonyl (C=O) groups is 1. The first-order valence-corrected chi connectivity index (χ1v) is 8.32. The number of carbonyl (C=O) groups excluding carboxylic acids is 1. The fourth-order valence-electron chi connectivity index (χ4n) is 2.02. The lowest BCUT2D eigenvalue weighted by Crippen LogP contribution is -2.15. The Morgan fingerprint density at radius 3 is 2.91 bits per heavy atom. The lowest BCUT2D eigenvalue weighted by atomic mass is 10.2. The van der Waals surface area contributed by atoms with Crippen molar-refractivity contribution in [3.05, 3.63) is 23.5 Å². The average molecular weight is 355 g/mol. The Morgan fingerprint density at radius 1 is 1.43 bits per heavy atom. The van der Waals surface area contributed by atoms with Crippen molar-refractivity contribution in [2.24, 2.45) is 0 Å². The minimum atomic E-state index is -0.186. The van der Waals surface area contributed by atoms with Crippen molar-refractivity contribution < 1.29 is 14.3 Å². The van der Waals surface area contributed by atoms with E-state index in [9.17, 15) is 4.79 Å². The fourth-order valence-corrected chi connectivity index (χ4v) is 3.06. The van der Waals surface area contributed by atoms with Gasteiger partial charge in [-0.2, -0.15) is 0 Å².